The maximum Gasteiger partial charge on any atom is 0.327 e. The molecule has 6 nitrogen and oxygen atoms in total. The van der Waals surface area contributed by atoms with Gasteiger partial charge in [0.15, 0.2) is 0 Å². The average molecular weight is 274 g/mol. The summed E-state index contributed by atoms with van der Waals surface area (Å²) < 4.78 is 5.26. The molecule has 0 unspecified atom stereocenters. The number of carboxylic acid groups (broad SMARTS) is 1. The standard InChI is InChI=1S/C11H18N2O4S/c1-12(8-2-4-17-5-3-8)11(16)13-7-18-6-9(13)10(14)15/h8-9H,2-7H2,1H3,(H,14,15)/t9-/m0/s1. The summed E-state index contributed by atoms with van der Waals surface area (Å²) >= 11 is 1.48. The molecule has 2 saturated heterocycles. The number of hydrogen-bond acceptors (Lipinski definition) is 4. The summed E-state index contributed by atoms with van der Waals surface area (Å²) in [6.45, 7) is 1.33. The van der Waals surface area contributed by atoms with E-state index in [-0.39, 0.29) is 12.1 Å². The van der Waals surface area contributed by atoms with E-state index in [2.05, 4.69) is 0 Å². The van der Waals surface area contributed by atoms with Crippen LogP contribution >= 0.6 is 11.8 Å². The molecule has 0 saturated carbocycles. The third-order valence-corrected chi connectivity index (χ3v) is 4.47. The minimum Gasteiger partial charge on any atom is -0.480 e. The molecular formula is C11H18N2O4S. The van der Waals surface area contributed by atoms with Crippen LogP contribution in [0.5, 0.6) is 0 Å². The molecule has 18 heavy (non-hydrogen) atoms. The van der Waals surface area contributed by atoms with E-state index < -0.39 is 12.0 Å². The summed E-state index contributed by atoms with van der Waals surface area (Å²) in [5.74, 6) is 0.0141. The van der Waals surface area contributed by atoms with Crippen LogP contribution in [-0.2, 0) is 9.53 Å². The number of amides is 2. The number of carboxylic acids is 1. The molecule has 2 aliphatic rings. The number of nitrogens with zero attached hydrogens (tertiary/aromatic N) is 2. The van der Waals surface area contributed by atoms with Crippen LogP contribution in [0.15, 0.2) is 0 Å². The fourth-order valence-electron chi connectivity index (χ4n) is 2.27. The molecule has 102 valence electrons. The summed E-state index contributed by atoms with van der Waals surface area (Å²) in [5, 5.41) is 9.08. The van der Waals surface area contributed by atoms with Crippen molar-refractivity contribution in [2.75, 3.05) is 31.9 Å². The molecule has 0 aromatic carbocycles. The Kier molecular flexibility index (Phi) is 4.34. The van der Waals surface area contributed by atoms with E-state index in [9.17, 15) is 9.59 Å². The summed E-state index contributed by atoms with van der Waals surface area (Å²) in [5.41, 5.74) is 0. The Morgan fingerprint density at radius 1 is 1.39 bits per heavy atom. The van der Waals surface area contributed by atoms with Crippen molar-refractivity contribution in [3.8, 4) is 0 Å². The second kappa shape index (κ2) is 5.79. The predicted octanol–water partition coefficient (Wildman–Crippen LogP) is 0.677. The lowest BCUT2D eigenvalue weighted by Crippen LogP contribution is -2.51. The number of rotatable bonds is 2. The van der Waals surface area contributed by atoms with E-state index >= 15 is 0 Å². The lowest BCUT2D eigenvalue weighted by Gasteiger charge is -2.34. The second-order valence-electron chi connectivity index (χ2n) is 4.56. The van der Waals surface area contributed by atoms with Gasteiger partial charge >= 0.3 is 12.0 Å². The molecule has 0 radical (unpaired) electrons. The summed E-state index contributed by atoms with van der Waals surface area (Å²) in [6, 6.07) is -0.713. The smallest absolute Gasteiger partial charge is 0.327 e. The molecule has 0 bridgehead atoms. The van der Waals surface area contributed by atoms with Gasteiger partial charge in [0.1, 0.15) is 6.04 Å². The largest absolute Gasteiger partial charge is 0.480 e. The van der Waals surface area contributed by atoms with Crippen LogP contribution in [0, 0.1) is 0 Å². The molecule has 0 spiro atoms. The monoisotopic (exact) mass is 274 g/mol. The van der Waals surface area contributed by atoms with E-state index in [1.165, 1.54) is 16.7 Å². The highest BCUT2D eigenvalue weighted by atomic mass is 32.2. The van der Waals surface area contributed by atoms with E-state index in [0.29, 0.717) is 24.8 Å². The Hall–Kier alpha value is -0.950. The highest BCUT2D eigenvalue weighted by molar-refractivity contribution is 7.99. The molecule has 2 heterocycles. The Morgan fingerprint density at radius 2 is 2.06 bits per heavy atom. The fourth-order valence-corrected chi connectivity index (χ4v) is 3.41. The Morgan fingerprint density at radius 3 is 2.67 bits per heavy atom. The first-order chi connectivity index (χ1) is 8.61. The van der Waals surface area contributed by atoms with Gasteiger partial charge in [0, 0.05) is 32.1 Å². The molecule has 0 aliphatic carbocycles. The third kappa shape index (κ3) is 2.72. The molecule has 1 atom stereocenters. The van der Waals surface area contributed by atoms with Crippen LogP contribution in [0.25, 0.3) is 0 Å². The molecular weight excluding hydrogens is 256 g/mol. The summed E-state index contributed by atoms with van der Waals surface area (Å²) in [6.07, 6.45) is 1.64. The van der Waals surface area contributed by atoms with Gasteiger partial charge in [-0.3, -0.25) is 0 Å². The molecule has 0 aromatic heterocycles. The fraction of sp³-hybridized carbons (Fsp3) is 0.818. The zero-order valence-corrected chi connectivity index (χ0v) is 11.2. The zero-order chi connectivity index (χ0) is 13.1. The van der Waals surface area contributed by atoms with Crippen molar-refractivity contribution >= 4 is 23.8 Å². The van der Waals surface area contributed by atoms with Gasteiger partial charge in [-0.1, -0.05) is 0 Å². The van der Waals surface area contributed by atoms with Crippen molar-refractivity contribution in [1.29, 1.82) is 0 Å². The lowest BCUT2D eigenvalue weighted by molar-refractivity contribution is -0.141. The van der Waals surface area contributed by atoms with Crippen LogP contribution in [-0.4, -0.2) is 70.9 Å². The molecule has 0 aromatic rings. The third-order valence-electron chi connectivity index (χ3n) is 3.45. The normalized spacial score (nSPS) is 25.2. The number of ether oxygens (including phenoxy) is 1. The van der Waals surface area contributed by atoms with Gasteiger partial charge in [-0.2, -0.15) is 0 Å². The van der Waals surface area contributed by atoms with Crippen LogP contribution < -0.4 is 0 Å². The number of carbonyl (C=O) groups excluding carboxylic acids is 1. The molecule has 1 N–H and O–H groups in total. The number of urea groups is 1. The molecule has 7 heteroatoms. The summed E-state index contributed by atoms with van der Waals surface area (Å²) in [4.78, 5) is 26.5. The molecule has 2 rings (SSSR count). The van der Waals surface area contributed by atoms with Gasteiger partial charge in [0.2, 0.25) is 0 Å². The van der Waals surface area contributed by atoms with Crippen molar-refractivity contribution in [2.24, 2.45) is 0 Å². The van der Waals surface area contributed by atoms with Crippen molar-refractivity contribution in [2.45, 2.75) is 24.9 Å². The van der Waals surface area contributed by atoms with Gasteiger partial charge in [-0.15, -0.1) is 11.8 Å². The van der Waals surface area contributed by atoms with Crippen molar-refractivity contribution in [3.63, 3.8) is 0 Å². The van der Waals surface area contributed by atoms with Crippen molar-refractivity contribution < 1.29 is 19.4 Å². The lowest BCUT2D eigenvalue weighted by atomic mass is 10.1. The predicted molar refractivity (Wildman–Crippen MR) is 67.6 cm³/mol. The molecule has 2 aliphatic heterocycles. The van der Waals surface area contributed by atoms with Crippen LogP contribution in [0.3, 0.4) is 0 Å². The van der Waals surface area contributed by atoms with Crippen molar-refractivity contribution in [1.82, 2.24) is 9.80 Å². The number of carbonyl (C=O) groups is 2. The van der Waals surface area contributed by atoms with Gasteiger partial charge < -0.3 is 19.6 Å². The first kappa shape index (κ1) is 13.5. The Bertz CT molecular complexity index is 333. The highest BCUT2D eigenvalue weighted by Gasteiger charge is 2.37. The van der Waals surface area contributed by atoms with Gasteiger partial charge in [0.05, 0.1) is 5.88 Å². The topological polar surface area (TPSA) is 70.1 Å². The average Bonchev–Trinajstić information content (AvgIpc) is 2.87. The van der Waals surface area contributed by atoms with Crippen LogP contribution in [0.1, 0.15) is 12.8 Å². The second-order valence-corrected chi connectivity index (χ2v) is 5.56. The molecule has 2 fully saturated rings. The summed E-state index contributed by atoms with van der Waals surface area (Å²) in [7, 11) is 1.75. The van der Waals surface area contributed by atoms with Gasteiger partial charge in [-0.25, -0.2) is 9.59 Å². The zero-order valence-electron chi connectivity index (χ0n) is 10.4. The van der Waals surface area contributed by atoms with Crippen LogP contribution in [0.4, 0.5) is 4.79 Å². The first-order valence-corrected chi connectivity index (χ1v) is 7.18. The Balaban J connectivity index is 1.99. The van der Waals surface area contributed by atoms with E-state index in [0.717, 1.165) is 12.8 Å². The van der Waals surface area contributed by atoms with Crippen LogP contribution in [0.2, 0.25) is 0 Å². The van der Waals surface area contributed by atoms with E-state index in [1.807, 2.05) is 0 Å². The maximum absolute atomic E-state index is 12.3. The van der Waals surface area contributed by atoms with Crippen molar-refractivity contribution in [3.05, 3.63) is 0 Å². The SMILES string of the molecule is CN(C(=O)N1CSC[C@H]1C(=O)O)C1CCOCC1. The maximum atomic E-state index is 12.3. The minimum atomic E-state index is -0.922. The Labute approximate surface area is 110 Å². The number of aliphatic carboxylic acids is 1. The van der Waals surface area contributed by atoms with Gasteiger partial charge in [-0.05, 0) is 12.8 Å². The minimum absolute atomic E-state index is 0.159. The molecule has 2 amide bonds. The quantitative estimate of drug-likeness (QED) is 0.801. The van der Waals surface area contributed by atoms with Gasteiger partial charge in [0.25, 0.3) is 0 Å². The highest BCUT2D eigenvalue weighted by Crippen LogP contribution is 2.24. The van der Waals surface area contributed by atoms with E-state index in [4.69, 9.17) is 9.84 Å². The first-order valence-electron chi connectivity index (χ1n) is 6.03. The number of hydrogen-bond donors (Lipinski definition) is 1. The van der Waals surface area contributed by atoms with E-state index in [1.54, 1.807) is 11.9 Å². The number of thioether (sulfide) groups is 1.